The van der Waals surface area contributed by atoms with Crippen LogP contribution >= 0.6 is 0 Å². The largest absolute Gasteiger partial charge is 0.493 e. The quantitative estimate of drug-likeness (QED) is 0.466. The summed E-state index contributed by atoms with van der Waals surface area (Å²) in [5.41, 5.74) is 2.74. The Hall–Kier alpha value is -2.05. The zero-order valence-corrected chi connectivity index (χ0v) is 20.7. The van der Waals surface area contributed by atoms with Crippen molar-refractivity contribution in [3.63, 3.8) is 0 Å². The average molecular weight is 458 g/mol. The standard InChI is InChI=1S/C27H39NO5/c1-17-7-6-10-27(3)13-25-20(12-22(17)27)21(26(30)33-25)16-28(14-18(2)29)15-19-8-9-23(31-4)24(11-19)32-5/h8-9,11-12,17-18,20-21,25,29H,6-7,10,13-16H2,1-5H3/t17-,18+,20+,21+,25+,27+/m0/s1. The number of ether oxygens (including phenoxy) is 3. The van der Waals surface area contributed by atoms with Gasteiger partial charge in [0, 0.05) is 25.6 Å². The molecule has 3 aliphatic rings. The molecule has 0 spiro atoms. The third-order valence-electron chi connectivity index (χ3n) is 7.91. The van der Waals surface area contributed by atoms with Crippen molar-refractivity contribution in [2.75, 3.05) is 27.3 Å². The zero-order valence-electron chi connectivity index (χ0n) is 20.7. The lowest BCUT2D eigenvalue weighted by Crippen LogP contribution is -2.41. The molecule has 0 radical (unpaired) electrons. The maximum Gasteiger partial charge on any atom is 0.311 e. The van der Waals surface area contributed by atoms with Crippen molar-refractivity contribution < 1.29 is 24.1 Å². The summed E-state index contributed by atoms with van der Waals surface area (Å²) >= 11 is 0. The average Bonchev–Trinajstić information content (AvgIpc) is 3.05. The van der Waals surface area contributed by atoms with Crippen LogP contribution in [-0.4, -0.2) is 55.5 Å². The number of fused-ring (bicyclic) bond motifs is 2. The maximum atomic E-state index is 13.0. The molecule has 2 fully saturated rings. The Bertz CT molecular complexity index is 896. The highest BCUT2D eigenvalue weighted by Gasteiger charge is 2.51. The van der Waals surface area contributed by atoms with Crippen LogP contribution in [0.25, 0.3) is 0 Å². The van der Waals surface area contributed by atoms with E-state index in [2.05, 4.69) is 24.8 Å². The third kappa shape index (κ3) is 4.92. The van der Waals surface area contributed by atoms with E-state index >= 15 is 0 Å². The number of aliphatic hydroxyl groups is 1. The van der Waals surface area contributed by atoms with E-state index in [0.29, 0.717) is 37.1 Å². The number of esters is 1. The van der Waals surface area contributed by atoms with Crippen LogP contribution in [0.4, 0.5) is 0 Å². The fraction of sp³-hybridized carbons (Fsp3) is 0.667. The highest BCUT2D eigenvalue weighted by molar-refractivity contribution is 5.76. The number of hydrogen-bond acceptors (Lipinski definition) is 6. The minimum Gasteiger partial charge on any atom is -0.493 e. The topological polar surface area (TPSA) is 68.2 Å². The Morgan fingerprint density at radius 3 is 2.73 bits per heavy atom. The first kappa shape index (κ1) is 24.1. The highest BCUT2D eigenvalue weighted by Crippen LogP contribution is 2.54. The van der Waals surface area contributed by atoms with Gasteiger partial charge in [-0.05, 0) is 55.2 Å². The van der Waals surface area contributed by atoms with E-state index < -0.39 is 6.10 Å². The number of methoxy groups -OCH3 is 2. The minimum absolute atomic E-state index is 0.0315. The van der Waals surface area contributed by atoms with Gasteiger partial charge in [0.15, 0.2) is 11.5 Å². The van der Waals surface area contributed by atoms with Crippen molar-refractivity contribution in [2.24, 2.45) is 23.2 Å². The summed E-state index contributed by atoms with van der Waals surface area (Å²) in [6, 6.07) is 5.86. The summed E-state index contributed by atoms with van der Waals surface area (Å²) in [7, 11) is 3.25. The second-order valence-corrected chi connectivity index (χ2v) is 10.6. The first-order valence-electron chi connectivity index (χ1n) is 12.3. The van der Waals surface area contributed by atoms with Crippen LogP contribution in [0.3, 0.4) is 0 Å². The molecule has 0 bridgehead atoms. The van der Waals surface area contributed by atoms with Crippen molar-refractivity contribution >= 4 is 5.97 Å². The molecule has 1 aromatic carbocycles. The minimum atomic E-state index is -0.496. The molecule has 1 saturated heterocycles. The molecule has 1 N–H and O–H groups in total. The second-order valence-electron chi connectivity index (χ2n) is 10.6. The second kappa shape index (κ2) is 9.67. The zero-order chi connectivity index (χ0) is 23.8. The molecule has 1 saturated carbocycles. The Morgan fingerprint density at radius 1 is 1.27 bits per heavy atom. The molecule has 0 aromatic heterocycles. The lowest BCUT2D eigenvalue weighted by atomic mass is 9.59. The van der Waals surface area contributed by atoms with Crippen LogP contribution in [0.1, 0.15) is 52.0 Å². The van der Waals surface area contributed by atoms with Crippen molar-refractivity contribution in [2.45, 2.75) is 65.2 Å². The van der Waals surface area contributed by atoms with E-state index in [4.69, 9.17) is 14.2 Å². The van der Waals surface area contributed by atoms with E-state index in [-0.39, 0.29) is 29.3 Å². The van der Waals surface area contributed by atoms with Crippen LogP contribution in [-0.2, 0) is 16.1 Å². The van der Waals surface area contributed by atoms with Crippen molar-refractivity contribution in [3.05, 3.63) is 35.4 Å². The van der Waals surface area contributed by atoms with Crippen LogP contribution in [0.2, 0.25) is 0 Å². The van der Waals surface area contributed by atoms with Crippen LogP contribution in [0, 0.1) is 23.2 Å². The van der Waals surface area contributed by atoms with Crippen LogP contribution in [0.5, 0.6) is 11.5 Å². The van der Waals surface area contributed by atoms with E-state index in [1.807, 2.05) is 18.2 Å². The number of allylic oxidation sites excluding steroid dienone is 1. The number of hydrogen-bond donors (Lipinski definition) is 1. The molecule has 182 valence electrons. The smallest absolute Gasteiger partial charge is 0.311 e. The Kier molecular flexibility index (Phi) is 7.06. The van der Waals surface area contributed by atoms with E-state index in [1.165, 1.54) is 24.8 Å². The molecule has 33 heavy (non-hydrogen) atoms. The molecular weight excluding hydrogens is 418 g/mol. The number of carbonyl (C=O) groups excluding carboxylic acids is 1. The van der Waals surface area contributed by atoms with Gasteiger partial charge in [0.25, 0.3) is 0 Å². The molecule has 0 unspecified atom stereocenters. The Balaban J connectivity index is 1.56. The van der Waals surface area contributed by atoms with Gasteiger partial charge in [-0.1, -0.05) is 38.0 Å². The van der Waals surface area contributed by atoms with Gasteiger partial charge in [0.1, 0.15) is 6.10 Å². The lowest BCUT2D eigenvalue weighted by Gasteiger charge is -2.46. The summed E-state index contributed by atoms with van der Waals surface area (Å²) in [6.07, 6.45) is 6.46. The molecule has 6 atom stereocenters. The predicted octanol–water partition coefficient (Wildman–Crippen LogP) is 4.20. The number of aliphatic hydroxyl groups excluding tert-OH is 1. The maximum absolute atomic E-state index is 13.0. The molecule has 6 heteroatoms. The van der Waals surface area contributed by atoms with Crippen LogP contribution < -0.4 is 9.47 Å². The number of nitrogens with zero attached hydrogens (tertiary/aromatic N) is 1. The molecule has 1 aromatic rings. The fourth-order valence-electron chi connectivity index (χ4n) is 6.35. The SMILES string of the molecule is COc1ccc(CN(C[C@@H](C)O)C[C@H]2C(=O)O[C@@H]3C[C@@]4(C)CCC[C@H](C)C4=C[C@@H]32)cc1OC. The molecule has 1 aliphatic heterocycles. The number of carbonyl (C=O) groups is 1. The van der Waals surface area contributed by atoms with Gasteiger partial charge in [-0.25, -0.2) is 0 Å². The van der Waals surface area contributed by atoms with Crippen molar-refractivity contribution in [1.82, 2.24) is 4.90 Å². The number of rotatable bonds is 8. The van der Waals surface area contributed by atoms with E-state index in [1.54, 1.807) is 21.1 Å². The van der Waals surface area contributed by atoms with Crippen molar-refractivity contribution in [1.29, 1.82) is 0 Å². The van der Waals surface area contributed by atoms with Crippen LogP contribution in [0.15, 0.2) is 29.8 Å². The third-order valence-corrected chi connectivity index (χ3v) is 7.91. The summed E-state index contributed by atoms with van der Waals surface area (Å²) in [4.78, 5) is 15.2. The normalized spacial score (nSPS) is 32.0. The van der Waals surface area contributed by atoms with Crippen molar-refractivity contribution in [3.8, 4) is 11.5 Å². The molecule has 6 nitrogen and oxygen atoms in total. The summed E-state index contributed by atoms with van der Waals surface area (Å²) in [5.74, 6) is 1.74. The van der Waals surface area contributed by atoms with Gasteiger partial charge in [-0.15, -0.1) is 0 Å². The molecule has 4 rings (SSSR count). The van der Waals surface area contributed by atoms with Gasteiger partial charge < -0.3 is 19.3 Å². The van der Waals surface area contributed by atoms with Gasteiger partial charge in [-0.3, -0.25) is 9.69 Å². The summed E-state index contributed by atoms with van der Waals surface area (Å²) < 4.78 is 16.8. The summed E-state index contributed by atoms with van der Waals surface area (Å²) in [5, 5.41) is 10.2. The van der Waals surface area contributed by atoms with E-state index in [0.717, 1.165) is 12.0 Å². The van der Waals surface area contributed by atoms with Gasteiger partial charge in [0.05, 0.1) is 26.2 Å². The highest BCUT2D eigenvalue weighted by atomic mass is 16.6. The predicted molar refractivity (Wildman–Crippen MR) is 127 cm³/mol. The lowest BCUT2D eigenvalue weighted by molar-refractivity contribution is -0.145. The monoisotopic (exact) mass is 457 g/mol. The van der Waals surface area contributed by atoms with Gasteiger partial charge in [-0.2, -0.15) is 0 Å². The molecule has 2 aliphatic carbocycles. The van der Waals surface area contributed by atoms with Gasteiger partial charge in [0.2, 0.25) is 0 Å². The Morgan fingerprint density at radius 2 is 2.03 bits per heavy atom. The Labute approximate surface area is 197 Å². The van der Waals surface area contributed by atoms with Gasteiger partial charge >= 0.3 is 5.97 Å². The van der Waals surface area contributed by atoms with E-state index in [9.17, 15) is 9.90 Å². The first-order valence-corrected chi connectivity index (χ1v) is 12.3. The molecule has 0 amide bonds. The number of benzene rings is 1. The summed E-state index contributed by atoms with van der Waals surface area (Å²) in [6.45, 7) is 8.12. The fourth-order valence-corrected chi connectivity index (χ4v) is 6.35. The molecule has 1 heterocycles. The first-order chi connectivity index (χ1) is 15.7. The molecular formula is C27H39NO5.